The SMILES string of the molecule is CCOC(=O)c1cn2cc(Oc3ccc(C(CC=[NH2+])NCOCC[Si](C)(C)C)cc3)ccc2n1. The van der Waals surface area contributed by atoms with Crippen LogP contribution in [0.2, 0.25) is 25.7 Å². The van der Waals surface area contributed by atoms with Gasteiger partial charge in [0.15, 0.2) is 5.69 Å². The molecule has 0 saturated carbocycles. The zero-order valence-corrected chi connectivity index (χ0v) is 21.4. The van der Waals surface area contributed by atoms with E-state index in [0.29, 0.717) is 36.9 Å². The van der Waals surface area contributed by atoms with Gasteiger partial charge < -0.3 is 18.6 Å². The first-order valence-corrected chi connectivity index (χ1v) is 15.3. The van der Waals surface area contributed by atoms with Crippen LogP contribution in [0, 0.1) is 0 Å². The molecule has 1 aromatic carbocycles. The minimum atomic E-state index is -1.09. The Morgan fingerprint density at radius 1 is 1.15 bits per heavy atom. The van der Waals surface area contributed by atoms with Crippen molar-refractivity contribution in [1.29, 1.82) is 0 Å². The monoisotopic (exact) mass is 483 g/mol. The molecular weight excluding hydrogens is 448 g/mol. The Morgan fingerprint density at radius 2 is 1.88 bits per heavy atom. The highest BCUT2D eigenvalue weighted by Crippen LogP contribution is 2.25. The van der Waals surface area contributed by atoms with Gasteiger partial charge in [0.05, 0.1) is 19.5 Å². The van der Waals surface area contributed by atoms with Gasteiger partial charge in [-0.2, -0.15) is 0 Å². The van der Waals surface area contributed by atoms with Gasteiger partial charge in [0.25, 0.3) is 0 Å². The van der Waals surface area contributed by atoms with Crippen LogP contribution in [0.5, 0.6) is 11.5 Å². The zero-order chi connectivity index (χ0) is 24.6. The molecule has 2 aromatic heterocycles. The number of rotatable bonds is 13. The third-order valence-corrected chi connectivity index (χ3v) is 6.93. The molecule has 182 valence electrons. The smallest absolute Gasteiger partial charge is 0.358 e. The largest absolute Gasteiger partial charge is 0.461 e. The Hall–Kier alpha value is -3.01. The predicted molar refractivity (Wildman–Crippen MR) is 135 cm³/mol. The van der Waals surface area contributed by atoms with E-state index in [1.165, 1.54) is 0 Å². The van der Waals surface area contributed by atoms with Crippen LogP contribution in [0.25, 0.3) is 5.65 Å². The molecule has 2 heterocycles. The van der Waals surface area contributed by atoms with Crippen LogP contribution >= 0.6 is 0 Å². The third-order valence-electron chi connectivity index (χ3n) is 5.23. The van der Waals surface area contributed by atoms with Crippen molar-refractivity contribution in [3.63, 3.8) is 0 Å². The summed E-state index contributed by atoms with van der Waals surface area (Å²) < 4.78 is 18.5. The minimum Gasteiger partial charge on any atom is -0.461 e. The van der Waals surface area contributed by atoms with Crippen LogP contribution in [0.4, 0.5) is 0 Å². The van der Waals surface area contributed by atoms with E-state index in [0.717, 1.165) is 18.2 Å². The van der Waals surface area contributed by atoms with E-state index in [1.807, 2.05) is 30.3 Å². The maximum Gasteiger partial charge on any atom is 0.358 e. The van der Waals surface area contributed by atoms with Crippen molar-refractivity contribution in [3.05, 3.63) is 60.0 Å². The molecule has 3 N–H and O–H groups in total. The highest BCUT2D eigenvalue weighted by Gasteiger charge is 2.15. The number of esters is 1. The Morgan fingerprint density at radius 3 is 2.56 bits per heavy atom. The molecule has 0 aliphatic heterocycles. The molecule has 0 fully saturated rings. The van der Waals surface area contributed by atoms with Gasteiger partial charge in [-0.3, -0.25) is 10.7 Å². The summed E-state index contributed by atoms with van der Waals surface area (Å²) in [7, 11) is -1.09. The minimum absolute atomic E-state index is 0.0644. The van der Waals surface area contributed by atoms with Crippen molar-refractivity contribution in [2.75, 3.05) is 19.9 Å². The lowest BCUT2D eigenvalue weighted by Crippen LogP contribution is -2.33. The summed E-state index contributed by atoms with van der Waals surface area (Å²) in [4.78, 5) is 16.2. The molecule has 0 spiro atoms. The quantitative estimate of drug-likeness (QED) is 0.127. The molecule has 9 heteroatoms. The van der Waals surface area contributed by atoms with E-state index in [-0.39, 0.29) is 11.7 Å². The standard InChI is InChI=1S/C25H34N4O4Si/c1-5-32-25(30)23-17-29-16-21(10-11-24(29)28-23)33-20-8-6-19(7-9-20)22(12-13-26)27-18-31-14-15-34(2,3)4/h6-11,13,16-17,22,26-27H,5,12,14-15,18H2,1-4H3/p+1. The third kappa shape index (κ3) is 7.51. The first-order valence-electron chi connectivity index (χ1n) is 11.6. The van der Waals surface area contributed by atoms with Gasteiger partial charge in [0, 0.05) is 33.3 Å². The topological polar surface area (TPSA) is 99.7 Å². The second-order valence-electron chi connectivity index (χ2n) is 9.24. The van der Waals surface area contributed by atoms with Crippen LogP contribution in [-0.2, 0) is 9.47 Å². The van der Waals surface area contributed by atoms with Crippen molar-refractivity contribution < 1.29 is 24.4 Å². The van der Waals surface area contributed by atoms with Crippen molar-refractivity contribution in [3.8, 4) is 11.5 Å². The van der Waals surface area contributed by atoms with Crippen molar-refractivity contribution >= 4 is 25.9 Å². The molecule has 0 saturated heterocycles. The van der Waals surface area contributed by atoms with Crippen LogP contribution < -0.4 is 15.5 Å². The fraction of sp³-hybridized carbons (Fsp3) is 0.400. The molecule has 1 unspecified atom stereocenters. The molecule has 1 atom stereocenters. The number of nitrogens with two attached hydrogens (primary N) is 1. The van der Waals surface area contributed by atoms with Crippen molar-refractivity contribution in [2.24, 2.45) is 0 Å². The van der Waals surface area contributed by atoms with E-state index in [2.05, 4.69) is 29.9 Å². The number of fused-ring (bicyclic) bond motifs is 1. The molecule has 3 aromatic rings. The average Bonchev–Trinajstić information content (AvgIpc) is 3.22. The summed E-state index contributed by atoms with van der Waals surface area (Å²) in [5, 5.41) is 9.13. The molecule has 8 nitrogen and oxygen atoms in total. The molecule has 0 aliphatic carbocycles. The summed E-state index contributed by atoms with van der Waals surface area (Å²) in [6, 6.07) is 12.7. The maximum atomic E-state index is 11.9. The molecule has 0 bridgehead atoms. The number of benzene rings is 1. The Balaban J connectivity index is 1.60. The van der Waals surface area contributed by atoms with Gasteiger partial charge in [0.1, 0.15) is 23.4 Å². The fourth-order valence-corrected chi connectivity index (χ4v) is 4.08. The summed E-state index contributed by atoms with van der Waals surface area (Å²) >= 11 is 0. The second-order valence-corrected chi connectivity index (χ2v) is 14.9. The van der Waals surface area contributed by atoms with Gasteiger partial charge in [0.2, 0.25) is 0 Å². The summed E-state index contributed by atoms with van der Waals surface area (Å²) in [5.74, 6) is 0.896. The van der Waals surface area contributed by atoms with E-state index >= 15 is 0 Å². The number of aromatic nitrogens is 2. The number of nitrogens with zero attached hydrogens (tertiary/aromatic N) is 2. The number of imidazole rings is 1. The number of hydrogen-bond acceptors (Lipinski definition) is 6. The Kier molecular flexibility index (Phi) is 8.97. The number of hydrogen-bond donors (Lipinski definition) is 2. The van der Waals surface area contributed by atoms with Crippen molar-refractivity contribution in [1.82, 2.24) is 14.7 Å². The first kappa shape index (κ1) is 25.6. The van der Waals surface area contributed by atoms with Crippen LogP contribution in [-0.4, -0.2) is 49.6 Å². The summed E-state index contributed by atoms with van der Waals surface area (Å²) in [5.41, 5.74) is 2.01. The molecule has 0 aliphatic rings. The Bertz CT molecular complexity index is 1090. The maximum absolute atomic E-state index is 11.9. The molecule has 0 amide bonds. The number of carbonyl (C=O) groups is 1. The van der Waals surface area contributed by atoms with Crippen LogP contribution in [0.15, 0.2) is 48.8 Å². The number of pyridine rings is 1. The summed E-state index contributed by atoms with van der Waals surface area (Å²) in [6.45, 7) is 10.4. The molecular formula is C25H35N4O4Si+. The van der Waals surface area contributed by atoms with E-state index < -0.39 is 14.0 Å². The molecule has 34 heavy (non-hydrogen) atoms. The van der Waals surface area contributed by atoms with Crippen LogP contribution in [0.3, 0.4) is 0 Å². The second kappa shape index (κ2) is 11.9. The predicted octanol–water partition coefficient (Wildman–Crippen LogP) is 3.47. The highest BCUT2D eigenvalue weighted by molar-refractivity contribution is 6.76. The van der Waals surface area contributed by atoms with E-state index in [1.54, 1.807) is 36.0 Å². The first-order chi connectivity index (χ1) is 16.3. The fourth-order valence-electron chi connectivity index (χ4n) is 3.32. The van der Waals surface area contributed by atoms with Gasteiger partial charge >= 0.3 is 5.97 Å². The van der Waals surface area contributed by atoms with Gasteiger partial charge in [-0.05, 0) is 42.8 Å². The molecule has 3 rings (SSSR count). The van der Waals surface area contributed by atoms with Crippen molar-refractivity contribution in [2.45, 2.75) is 45.1 Å². The lowest BCUT2D eigenvalue weighted by Gasteiger charge is -2.19. The average molecular weight is 484 g/mol. The summed E-state index contributed by atoms with van der Waals surface area (Å²) in [6.07, 6.45) is 5.77. The number of ether oxygens (including phenoxy) is 3. The normalized spacial score (nSPS) is 12.5. The van der Waals surface area contributed by atoms with Crippen LogP contribution in [0.1, 0.15) is 35.4 Å². The molecule has 0 radical (unpaired) electrons. The van der Waals surface area contributed by atoms with Gasteiger partial charge in [-0.1, -0.05) is 31.8 Å². The van der Waals surface area contributed by atoms with Gasteiger partial charge in [-0.15, -0.1) is 0 Å². The van der Waals surface area contributed by atoms with E-state index in [9.17, 15) is 4.79 Å². The number of carbonyl (C=O) groups excluding carboxylic acids is 1. The highest BCUT2D eigenvalue weighted by atomic mass is 28.3. The Labute approximate surface area is 201 Å². The van der Waals surface area contributed by atoms with E-state index in [4.69, 9.17) is 19.6 Å². The number of nitrogens with one attached hydrogen (secondary N) is 1. The van der Waals surface area contributed by atoms with Gasteiger partial charge in [-0.25, -0.2) is 9.78 Å². The lowest BCUT2D eigenvalue weighted by atomic mass is 10.0. The zero-order valence-electron chi connectivity index (χ0n) is 20.4. The lowest BCUT2D eigenvalue weighted by molar-refractivity contribution is -0.108.